The fraction of sp³-hybridized carbons (Fsp3) is 0.741. The Morgan fingerprint density at radius 1 is 1.00 bits per heavy atom. The molecule has 1 aromatic rings. The van der Waals surface area contributed by atoms with Crippen molar-refractivity contribution in [1.29, 1.82) is 0 Å². The zero-order chi connectivity index (χ0) is 22.7. The van der Waals surface area contributed by atoms with Crippen LogP contribution in [0.3, 0.4) is 0 Å². The van der Waals surface area contributed by atoms with Gasteiger partial charge in [0.1, 0.15) is 5.75 Å². The van der Waals surface area contributed by atoms with Crippen LogP contribution in [0.5, 0.6) is 5.75 Å². The molecule has 0 spiro atoms. The molecule has 4 fully saturated rings. The Balaban J connectivity index is 1.35. The van der Waals surface area contributed by atoms with Crippen LogP contribution in [-0.4, -0.2) is 28.6 Å². The molecule has 2 N–H and O–H groups in total. The van der Waals surface area contributed by atoms with Crippen molar-refractivity contribution in [3.63, 3.8) is 0 Å². The number of fused-ring (bicyclic) bond motifs is 5. The van der Waals surface area contributed by atoms with E-state index in [1.54, 1.807) is 12.3 Å². The summed E-state index contributed by atoms with van der Waals surface area (Å²) in [5.74, 6) is 3.08. The van der Waals surface area contributed by atoms with E-state index < -0.39 is 5.60 Å². The van der Waals surface area contributed by atoms with Gasteiger partial charge in [0.05, 0.1) is 17.2 Å². The molecule has 5 heteroatoms. The second kappa shape index (κ2) is 8.17. The van der Waals surface area contributed by atoms with Crippen LogP contribution in [-0.2, 0) is 0 Å². The lowest BCUT2D eigenvalue weighted by atomic mass is 9.44. The highest BCUT2D eigenvalue weighted by molar-refractivity contribution is 6.36. The number of phenols is 1. The number of aliphatic hydroxyl groups is 1. The molecule has 0 unspecified atom stereocenters. The molecule has 4 aliphatic carbocycles. The van der Waals surface area contributed by atoms with Crippen molar-refractivity contribution < 1.29 is 10.2 Å². The van der Waals surface area contributed by atoms with Crippen molar-refractivity contribution in [2.45, 2.75) is 83.7 Å². The third-order valence-electron chi connectivity index (χ3n) is 10.5. The van der Waals surface area contributed by atoms with Gasteiger partial charge in [-0.15, -0.1) is 0 Å². The molecule has 0 saturated heterocycles. The van der Waals surface area contributed by atoms with Crippen molar-refractivity contribution >= 4 is 29.4 Å². The maximum atomic E-state index is 11.9. The van der Waals surface area contributed by atoms with E-state index in [-0.39, 0.29) is 16.2 Å². The number of benzene rings is 1. The van der Waals surface area contributed by atoms with E-state index in [2.05, 4.69) is 18.8 Å². The van der Waals surface area contributed by atoms with Crippen molar-refractivity contribution in [3.05, 3.63) is 27.7 Å². The van der Waals surface area contributed by atoms with Crippen molar-refractivity contribution in [3.8, 4) is 5.75 Å². The van der Waals surface area contributed by atoms with Crippen molar-refractivity contribution in [2.75, 3.05) is 6.54 Å². The Morgan fingerprint density at radius 2 is 1.78 bits per heavy atom. The highest BCUT2D eigenvalue weighted by atomic mass is 35.5. The first-order valence-electron chi connectivity index (χ1n) is 12.6. The van der Waals surface area contributed by atoms with E-state index in [4.69, 9.17) is 23.2 Å². The summed E-state index contributed by atoms with van der Waals surface area (Å²) >= 11 is 12.1. The third-order valence-corrected chi connectivity index (χ3v) is 11.1. The SMILES string of the molecule is C[C@]12CCCC[C@@H]1CC[C@H]1[C@H]3CC[C@@](O)(CN=Cc4cc(Cl)cc(Cl)c4O)[C@@]3(C)CC[C@@H]12. The Hall–Kier alpha value is -0.770. The van der Waals surface area contributed by atoms with Gasteiger partial charge in [-0.3, -0.25) is 4.99 Å². The molecule has 32 heavy (non-hydrogen) atoms. The molecule has 4 aliphatic rings. The summed E-state index contributed by atoms with van der Waals surface area (Å²) in [4.78, 5) is 4.61. The maximum absolute atomic E-state index is 11.9. The van der Waals surface area contributed by atoms with Crippen LogP contribution in [0.25, 0.3) is 0 Å². The van der Waals surface area contributed by atoms with E-state index in [0.29, 0.717) is 28.5 Å². The molecular weight excluding hydrogens is 441 g/mol. The number of hydrogen-bond donors (Lipinski definition) is 2. The van der Waals surface area contributed by atoms with E-state index in [1.165, 1.54) is 51.0 Å². The summed E-state index contributed by atoms with van der Waals surface area (Å²) in [6.07, 6.45) is 14.3. The Morgan fingerprint density at radius 3 is 2.59 bits per heavy atom. The normalized spacial score (nSPS) is 43.7. The molecule has 0 amide bonds. The molecule has 3 nitrogen and oxygen atoms in total. The van der Waals surface area contributed by atoms with E-state index >= 15 is 0 Å². The van der Waals surface area contributed by atoms with E-state index in [0.717, 1.165) is 37.0 Å². The zero-order valence-electron chi connectivity index (χ0n) is 19.4. The average molecular weight is 479 g/mol. The van der Waals surface area contributed by atoms with Gasteiger partial charge in [0.2, 0.25) is 0 Å². The van der Waals surface area contributed by atoms with Crippen LogP contribution in [0, 0.1) is 34.5 Å². The van der Waals surface area contributed by atoms with Crippen LogP contribution in [0.4, 0.5) is 0 Å². The largest absolute Gasteiger partial charge is 0.506 e. The lowest BCUT2D eigenvalue weighted by molar-refractivity contribution is -0.147. The van der Waals surface area contributed by atoms with Gasteiger partial charge in [0.15, 0.2) is 0 Å². The molecule has 0 radical (unpaired) electrons. The lowest BCUT2D eigenvalue weighted by Gasteiger charge is -2.61. The van der Waals surface area contributed by atoms with Gasteiger partial charge in [-0.1, -0.05) is 49.9 Å². The molecule has 0 aliphatic heterocycles. The third kappa shape index (κ3) is 3.45. The number of hydrogen-bond acceptors (Lipinski definition) is 3. The van der Waals surface area contributed by atoms with Gasteiger partial charge < -0.3 is 10.2 Å². The molecule has 4 saturated carbocycles. The van der Waals surface area contributed by atoms with Gasteiger partial charge in [0.25, 0.3) is 0 Å². The number of halogens is 2. The zero-order valence-corrected chi connectivity index (χ0v) is 20.9. The van der Waals surface area contributed by atoms with Gasteiger partial charge in [0, 0.05) is 22.2 Å². The number of phenolic OH excluding ortho intramolecular Hbond substituents is 1. The number of aromatic hydroxyl groups is 1. The van der Waals surface area contributed by atoms with Crippen LogP contribution in [0.1, 0.15) is 83.6 Å². The first-order valence-corrected chi connectivity index (χ1v) is 13.3. The number of nitrogens with zero attached hydrogens (tertiary/aromatic N) is 1. The van der Waals surface area contributed by atoms with Gasteiger partial charge >= 0.3 is 0 Å². The monoisotopic (exact) mass is 477 g/mol. The fourth-order valence-electron chi connectivity index (χ4n) is 8.64. The van der Waals surface area contributed by atoms with Gasteiger partial charge in [-0.25, -0.2) is 0 Å². The summed E-state index contributed by atoms with van der Waals surface area (Å²) in [6, 6.07) is 3.18. The summed E-state index contributed by atoms with van der Waals surface area (Å²) in [5.41, 5.74) is 0.141. The molecule has 0 aromatic heterocycles. The fourth-order valence-corrected chi connectivity index (χ4v) is 9.15. The second-order valence-electron chi connectivity index (χ2n) is 11.7. The molecule has 1 aromatic carbocycles. The number of rotatable bonds is 3. The highest BCUT2D eigenvalue weighted by Gasteiger charge is 2.64. The van der Waals surface area contributed by atoms with Gasteiger partial charge in [-0.2, -0.15) is 0 Å². The molecule has 176 valence electrons. The van der Waals surface area contributed by atoms with Crippen LogP contribution in [0.15, 0.2) is 17.1 Å². The first-order chi connectivity index (χ1) is 15.2. The summed E-state index contributed by atoms with van der Waals surface area (Å²) in [5, 5.41) is 22.8. The summed E-state index contributed by atoms with van der Waals surface area (Å²) in [6.45, 7) is 5.30. The predicted molar refractivity (Wildman–Crippen MR) is 132 cm³/mol. The Kier molecular flexibility index (Phi) is 5.87. The molecule has 0 heterocycles. The highest BCUT2D eigenvalue weighted by Crippen LogP contribution is 2.68. The topological polar surface area (TPSA) is 52.8 Å². The average Bonchev–Trinajstić information content (AvgIpc) is 3.02. The lowest BCUT2D eigenvalue weighted by Crippen LogP contribution is -2.56. The van der Waals surface area contributed by atoms with E-state index in [9.17, 15) is 10.2 Å². The minimum atomic E-state index is -0.790. The van der Waals surface area contributed by atoms with Crippen molar-refractivity contribution in [2.24, 2.45) is 39.5 Å². The van der Waals surface area contributed by atoms with E-state index in [1.807, 2.05) is 0 Å². The maximum Gasteiger partial charge on any atom is 0.143 e. The Labute approximate surface area is 202 Å². The van der Waals surface area contributed by atoms with Gasteiger partial charge in [-0.05, 0) is 92.6 Å². The summed E-state index contributed by atoms with van der Waals surface area (Å²) in [7, 11) is 0. The van der Waals surface area contributed by atoms with Crippen molar-refractivity contribution in [1.82, 2.24) is 0 Å². The quantitative estimate of drug-likeness (QED) is 0.449. The molecule has 7 atom stereocenters. The smallest absolute Gasteiger partial charge is 0.143 e. The minimum absolute atomic E-state index is 0.0136. The minimum Gasteiger partial charge on any atom is -0.506 e. The number of aliphatic imine (C=N–C) groups is 1. The van der Waals surface area contributed by atoms with Crippen LogP contribution >= 0.6 is 23.2 Å². The second-order valence-corrected chi connectivity index (χ2v) is 12.6. The predicted octanol–water partition coefficient (Wildman–Crippen LogP) is 7.28. The first kappa shape index (κ1) is 23.0. The molecule has 0 bridgehead atoms. The Bertz CT molecular complexity index is 919. The molecular formula is C27H37Cl2NO2. The van der Waals surface area contributed by atoms with Crippen LogP contribution < -0.4 is 0 Å². The van der Waals surface area contributed by atoms with Crippen LogP contribution in [0.2, 0.25) is 10.0 Å². The summed E-state index contributed by atoms with van der Waals surface area (Å²) < 4.78 is 0. The molecule has 5 rings (SSSR count). The standard InChI is InChI=1S/C27H37Cl2NO2/c1-25-10-4-3-5-18(25)6-7-20-21(25)8-11-26(2)22(20)9-12-27(26,32)16-30-15-17-13-19(28)14-23(29)24(17)31/h13-15,18,20-22,31-32H,3-12,16H2,1-2H3/t18-,20-,21+,22-,25+,26+,27-/m1/s1.